The van der Waals surface area contributed by atoms with E-state index >= 15 is 0 Å². The molecule has 0 saturated heterocycles. The fourth-order valence-electron chi connectivity index (χ4n) is 5.13. The van der Waals surface area contributed by atoms with Gasteiger partial charge in [0.25, 0.3) is 0 Å². The zero-order valence-corrected chi connectivity index (χ0v) is 27.6. The van der Waals surface area contributed by atoms with Gasteiger partial charge < -0.3 is 23.8 Å². The third-order valence-electron chi connectivity index (χ3n) is 6.87. The van der Waals surface area contributed by atoms with E-state index in [0.29, 0.717) is 12.4 Å². The van der Waals surface area contributed by atoms with Crippen LogP contribution in [0.5, 0.6) is 0 Å². The van der Waals surface area contributed by atoms with E-state index < -0.39 is 25.0 Å². The van der Waals surface area contributed by atoms with Crippen molar-refractivity contribution in [2.45, 2.75) is 65.1 Å². The van der Waals surface area contributed by atoms with Crippen molar-refractivity contribution in [1.82, 2.24) is 9.55 Å². The van der Waals surface area contributed by atoms with E-state index in [-0.39, 0.29) is 31.7 Å². The van der Waals surface area contributed by atoms with Crippen molar-refractivity contribution < 1.29 is 23.1 Å². The van der Waals surface area contributed by atoms with Gasteiger partial charge in [0, 0.05) is 12.7 Å². The summed E-state index contributed by atoms with van der Waals surface area (Å²) in [7, 11) is -3.65. The Morgan fingerprint density at radius 2 is 1.29 bits per heavy atom. The van der Waals surface area contributed by atoms with Gasteiger partial charge in [-0.25, -0.2) is 4.79 Å². The van der Waals surface area contributed by atoms with E-state index in [2.05, 4.69) is 10.3 Å². The van der Waals surface area contributed by atoms with Gasteiger partial charge in [-0.1, -0.05) is 91.0 Å². The van der Waals surface area contributed by atoms with E-state index in [4.69, 9.17) is 18.5 Å². The fraction of sp³-hybridized carbons (Fsp3) is 0.371. The molecule has 0 radical (unpaired) electrons. The molecule has 9 nitrogen and oxygen atoms in total. The Hall–Kier alpha value is -3.59. The number of rotatable bonds is 17. The average Bonchev–Trinajstić information content (AvgIpc) is 3.02. The number of aromatic nitrogens is 2. The van der Waals surface area contributed by atoms with Crippen LogP contribution in [0.4, 0.5) is 5.82 Å². The van der Waals surface area contributed by atoms with Gasteiger partial charge in [0.15, 0.2) is 0 Å². The first-order valence-electron chi connectivity index (χ1n) is 15.3. The van der Waals surface area contributed by atoms with Crippen molar-refractivity contribution in [3.63, 3.8) is 0 Å². The third kappa shape index (κ3) is 9.22. The zero-order valence-electron chi connectivity index (χ0n) is 26.7. The van der Waals surface area contributed by atoms with E-state index in [0.717, 1.165) is 16.7 Å². The van der Waals surface area contributed by atoms with Crippen LogP contribution in [0.25, 0.3) is 0 Å². The molecule has 0 bridgehead atoms. The first-order chi connectivity index (χ1) is 21.6. The number of nitrogens with one attached hydrogen (secondary N) is 1. The fourth-order valence-corrected chi connectivity index (χ4v) is 6.98. The molecular weight excluding hydrogens is 589 g/mol. The molecule has 0 spiro atoms. The molecule has 1 N–H and O–H groups in total. The first kappa shape index (κ1) is 34.3. The van der Waals surface area contributed by atoms with Crippen molar-refractivity contribution in [3.8, 4) is 0 Å². The molecule has 4 aromatic rings. The van der Waals surface area contributed by atoms with Gasteiger partial charge in [-0.2, -0.15) is 4.98 Å². The van der Waals surface area contributed by atoms with Crippen molar-refractivity contribution in [1.29, 1.82) is 0 Å². The lowest BCUT2D eigenvalue weighted by Crippen LogP contribution is -2.39. The van der Waals surface area contributed by atoms with Crippen molar-refractivity contribution in [3.05, 3.63) is 130 Å². The van der Waals surface area contributed by atoms with Crippen molar-refractivity contribution in [2.24, 2.45) is 0 Å². The lowest BCUT2D eigenvalue weighted by atomic mass is 9.80. The van der Waals surface area contributed by atoms with Crippen LogP contribution in [-0.4, -0.2) is 47.4 Å². The minimum Gasteiger partial charge on any atom is -0.370 e. The molecule has 3 aromatic carbocycles. The largest absolute Gasteiger partial charge is 0.370 e. The Kier molecular flexibility index (Phi) is 12.3. The van der Waals surface area contributed by atoms with Gasteiger partial charge in [0.1, 0.15) is 17.8 Å². The maximum absolute atomic E-state index is 13.7. The lowest BCUT2D eigenvalue weighted by Gasteiger charge is -2.37. The summed E-state index contributed by atoms with van der Waals surface area (Å²) < 4.78 is 40.0. The van der Waals surface area contributed by atoms with E-state index in [1.54, 1.807) is 40.0 Å². The van der Waals surface area contributed by atoms with E-state index in [1.165, 1.54) is 4.57 Å². The molecule has 4 rings (SSSR count). The Labute approximate surface area is 266 Å². The standard InChI is InChI=1S/C35H44N3O6P/c1-6-36-33-22-23-38(34(39)37-33)24-32(41-26-45(40,43-27(2)3)44-28(4)5)25-42-35(29-16-10-7-11-17-29,30-18-12-8-13-19-30)31-20-14-9-15-21-31/h7-23,27-28,32H,6,24-26H2,1-5H3,(H,36,37,39)/t32-/m0/s1. The summed E-state index contributed by atoms with van der Waals surface area (Å²) in [5.41, 5.74) is 1.31. The zero-order chi connectivity index (χ0) is 32.3. The van der Waals surface area contributed by atoms with Crippen LogP contribution < -0.4 is 11.0 Å². The van der Waals surface area contributed by atoms with Gasteiger partial charge in [-0.05, 0) is 57.4 Å². The monoisotopic (exact) mass is 633 g/mol. The summed E-state index contributed by atoms with van der Waals surface area (Å²) in [6.07, 6.45) is -0.0771. The van der Waals surface area contributed by atoms with Crippen LogP contribution in [0.15, 0.2) is 108 Å². The normalized spacial score (nSPS) is 12.9. The second kappa shape index (κ2) is 16.1. The van der Waals surface area contributed by atoms with Crippen LogP contribution in [0.1, 0.15) is 51.3 Å². The molecule has 45 heavy (non-hydrogen) atoms. The SMILES string of the molecule is CCNc1ccn(C[C@@H](COC(c2ccccc2)(c2ccccc2)c2ccccc2)OCP(=O)(OC(C)C)OC(C)C)c(=O)n1. The summed E-state index contributed by atoms with van der Waals surface area (Å²) in [5.74, 6) is 0.490. The van der Waals surface area contributed by atoms with Crippen molar-refractivity contribution >= 4 is 13.4 Å². The summed E-state index contributed by atoms with van der Waals surface area (Å²) in [6, 6.07) is 31.7. The molecule has 240 valence electrons. The third-order valence-corrected chi connectivity index (χ3v) is 8.82. The number of benzene rings is 3. The summed E-state index contributed by atoms with van der Waals surface area (Å²) in [5, 5.41) is 3.06. The van der Waals surface area contributed by atoms with Crippen LogP contribution in [0, 0.1) is 0 Å². The highest BCUT2D eigenvalue weighted by molar-refractivity contribution is 7.53. The van der Waals surface area contributed by atoms with Crippen LogP contribution >= 0.6 is 7.60 Å². The number of nitrogens with zero attached hydrogens (tertiary/aromatic N) is 2. The lowest BCUT2D eigenvalue weighted by molar-refractivity contribution is -0.0648. The molecule has 0 aliphatic rings. The predicted octanol–water partition coefficient (Wildman–Crippen LogP) is 7.07. The number of hydrogen-bond donors (Lipinski definition) is 1. The van der Waals surface area contributed by atoms with Crippen LogP contribution in [-0.2, 0) is 35.2 Å². The maximum Gasteiger partial charge on any atom is 0.356 e. The highest BCUT2D eigenvalue weighted by atomic mass is 31.2. The smallest absolute Gasteiger partial charge is 0.356 e. The summed E-state index contributed by atoms with van der Waals surface area (Å²) >= 11 is 0. The molecule has 0 aliphatic carbocycles. The number of hydrogen-bond acceptors (Lipinski definition) is 8. The highest BCUT2D eigenvalue weighted by Gasteiger charge is 2.39. The topological polar surface area (TPSA) is 101 Å². The minimum atomic E-state index is -3.65. The van der Waals surface area contributed by atoms with E-state index in [9.17, 15) is 9.36 Å². The Morgan fingerprint density at radius 1 is 0.800 bits per heavy atom. The number of anilines is 1. The second-order valence-electron chi connectivity index (χ2n) is 11.2. The Morgan fingerprint density at radius 3 is 1.71 bits per heavy atom. The molecule has 1 heterocycles. The summed E-state index contributed by atoms with van der Waals surface area (Å²) in [4.78, 5) is 17.2. The van der Waals surface area contributed by atoms with Gasteiger partial charge in [-0.15, -0.1) is 0 Å². The van der Waals surface area contributed by atoms with Gasteiger partial charge in [-0.3, -0.25) is 9.13 Å². The van der Waals surface area contributed by atoms with Crippen LogP contribution in [0.2, 0.25) is 0 Å². The number of ether oxygens (including phenoxy) is 2. The van der Waals surface area contributed by atoms with Gasteiger partial charge >= 0.3 is 13.3 Å². The second-order valence-corrected chi connectivity index (χ2v) is 13.1. The molecular formula is C35H44N3O6P. The molecule has 0 saturated carbocycles. The van der Waals surface area contributed by atoms with Gasteiger partial charge in [0.2, 0.25) is 0 Å². The summed E-state index contributed by atoms with van der Waals surface area (Å²) in [6.45, 7) is 9.87. The molecule has 1 aromatic heterocycles. The molecule has 1 atom stereocenters. The highest BCUT2D eigenvalue weighted by Crippen LogP contribution is 2.51. The van der Waals surface area contributed by atoms with Crippen LogP contribution in [0.3, 0.4) is 0 Å². The molecule has 10 heteroatoms. The molecule has 0 aliphatic heterocycles. The van der Waals surface area contributed by atoms with E-state index in [1.807, 2.05) is 97.9 Å². The Balaban J connectivity index is 1.75. The maximum atomic E-state index is 13.7. The van der Waals surface area contributed by atoms with Gasteiger partial charge in [0.05, 0.1) is 31.5 Å². The quantitative estimate of drug-likeness (QED) is 0.0974. The van der Waals surface area contributed by atoms with Crippen molar-refractivity contribution in [2.75, 3.05) is 24.8 Å². The molecule has 0 unspecified atom stereocenters. The average molecular weight is 634 g/mol. The molecule has 0 fully saturated rings. The predicted molar refractivity (Wildman–Crippen MR) is 178 cm³/mol. The Bertz CT molecular complexity index is 1450. The molecule has 0 amide bonds. The first-order valence-corrected chi connectivity index (χ1v) is 17.1. The minimum absolute atomic E-state index is 0.0312.